The van der Waals surface area contributed by atoms with E-state index in [0.717, 1.165) is 6.67 Å². The van der Waals surface area contributed by atoms with Crippen LogP contribution in [0.2, 0.25) is 0 Å². The Bertz CT molecular complexity index is 130. The van der Waals surface area contributed by atoms with Gasteiger partial charge in [-0.3, -0.25) is 5.43 Å². The standard InChI is InChI=1S/C5H9N3/c1-2-5-7-6-4-8(5)3-1/h6H,1-4H2. The molecular weight excluding hydrogens is 102 g/mol. The summed E-state index contributed by atoms with van der Waals surface area (Å²) in [6, 6.07) is 0. The van der Waals surface area contributed by atoms with Crippen molar-refractivity contribution in [2.45, 2.75) is 12.8 Å². The molecule has 1 fully saturated rings. The Morgan fingerprint density at radius 2 is 2.62 bits per heavy atom. The summed E-state index contributed by atoms with van der Waals surface area (Å²) in [5, 5.41) is 4.09. The Morgan fingerprint density at radius 1 is 1.62 bits per heavy atom. The van der Waals surface area contributed by atoms with Gasteiger partial charge >= 0.3 is 0 Å². The van der Waals surface area contributed by atoms with Crippen LogP contribution in [-0.4, -0.2) is 23.9 Å². The molecule has 0 aromatic rings. The molecule has 0 radical (unpaired) electrons. The first-order valence-corrected chi connectivity index (χ1v) is 3.01. The van der Waals surface area contributed by atoms with Gasteiger partial charge in [0.15, 0.2) is 0 Å². The third-order valence-electron chi connectivity index (χ3n) is 1.66. The van der Waals surface area contributed by atoms with Gasteiger partial charge in [-0.15, -0.1) is 0 Å². The summed E-state index contributed by atoms with van der Waals surface area (Å²) in [5.74, 6) is 1.25. The molecule has 0 unspecified atom stereocenters. The monoisotopic (exact) mass is 111 g/mol. The molecule has 0 aromatic carbocycles. The fourth-order valence-electron chi connectivity index (χ4n) is 1.22. The van der Waals surface area contributed by atoms with Crippen LogP contribution in [0.25, 0.3) is 0 Å². The minimum atomic E-state index is 0.940. The summed E-state index contributed by atoms with van der Waals surface area (Å²) < 4.78 is 0. The van der Waals surface area contributed by atoms with Gasteiger partial charge in [0.25, 0.3) is 0 Å². The van der Waals surface area contributed by atoms with Gasteiger partial charge in [0, 0.05) is 13.0 Å². The van der Waals surface area contributed by atoms with Crippen molar-refractivity contribution >= 4 is 5.84 Å². The van der Waals surface area contributed by atoms with Crippen molar-refractivity contribution in [3.63, 3.8) is 0 Å². The molecule has 2 heterocycles. The second-order valence-corrected chi connectivity index (χ2v) is 2.21. The fourth-order valence-corrected chi connectivity index (χ4v) is 1.22. The third-order valence-corrected chi connectivity index (χ3v) is 1.66. The largest absolute Gasteiger partial charge is 0.340 e. The molecule has 1 N–H and O–H groups in total. The predicted octanol–water partition coefficient (Wildman–Crippen LogP) is -0.0436. The lowest BCUT2D eigenvalue weighted by molar-refractivity contribution is 0.452. The van der Waals surface area contributed by atoms with Crippen molar-refractivity contribution in [3.05, 3.63) is 0 Å². The van der Waals surface area contributed by atoms with E-state index in [2.05, 4.69) is 15.4 Å². The summed E-state index contributed by atoms with van der Waals surface area (Å²) in [6.07, 6.45) is 2.47. The average molecular weight is 111 g/mol. The van der Waals surface area contributed by atoms with E-state index in [1.807, 2.05) is 0 Å². The topological polar surface area (TPSA) is 27.6 Å². The quantitative estimate of drug-likeness (QED) is 0.475. The molecule has 3 nitrogen and oxygen atoms in total. The van der Waals surface area contributed by atoms with Gasteiger partial charge in [-0.25, -0.2) is 0 Å². The van der Waals surface area contributed by atoms with E-state index in [4.69, 9.17) is 0 Å². The zero-order chi connectivity index (χ0) is 5.40. The molecule has 2 aliphatic heterocycles. The van der Waals surface area contributed by atoms with Crippen molar-refractivity contribution in [1.82, 2.24) is 10.3 Å². The van der Waals surface area contributed by atoms with Crippen molar-refractivity contribution < 1.29 is 0 Å². The molecule has 8 heavy (non-hydrogen) atoms. The Balaban J connectivity index is 2.20. The third kappa shape index (κ3) is 0.412. The summed E-state index contributed by atoms with van der Waals surface area (Å²) in [6.45, 7) is 2.14. The van der Waals surface area contributed by atoms with Crippen LogP contribution in [0.3, 0.4) is 0 Å². The smallest absolute Gasteiger partial charge is 0.126 e. The van der Waals surface area contributed by atoms with Crippen molar-refractivity contribution in [1.29, 1.82) is 0 Å². The molecule has 3 heteroatoms. The molecule has 0 spiro atoms. The van der Waals surface area contributed by atoms with E-state index in [9.17, 15) is 0 Å². The number of nitrogens with one attached hydrogen (secondary N) is 1. The maximum absolute atomic E-state index is 4.09. The second-order valence-electron chi connectivity index (χ2n) is 2.21. The first kappa shape index (κ1) is 4.18. The van der Waals surface area contributed by atoms with Crippen LogP contribution in [0, 0.1) is 0 Å². The van der Waals surface area contributed by atoms with Gasteiger partial charge in [0.05, 0.1) is 0 Å². The molecule has 0 bridgehead atoms. The minimum Gasteiger partial charge on any atom is -0.340 e. The average Bonchev–Trinajstić information content (AvgIpc) is 2.15. The van der Waals surface area contributed by atoms with E-state index in [1.54, 1.807) is 0 Å². The highest BCUT2D eigenvalue weighted by atomic mass is 15.5. The molecule has 44 valence electrons. The highest BCUT2D eigenvalue weighted by Gasteiger charge is 2.21. The number of amidine groups is 1. The Hall–Kier alpha value is -0.730. The molecule has 0 saturated carbocycles. The van der Waals surface area contributed by atoms with Crippen LogP contribution in [0.15, 0.2) is 5.10 Å². The number of fused-ring (bicyclic) bond motifs is 1. The van der Waals surface area contributed by atoms with Gasteiger partial charge in [-0.2, -0.15) is 5.10 Å². The Kier molecular flexibility index (Phi) is 0.716. The van der Waals surface area contributed by atoms with Crippen LogP contribution in [0.5, 0.6) is 0 Å². The summed E-state index contributed by atoms with van der Waals surface area (Å²) >= 11 is 0. The lowest BCUT2D eigenvalue weighted by Crippen LogP contribution is -2.23. The first-order chi connectivity index (χ1) is 3.97. The number of hydrazone groups is 1. The molecule has 0 aromatic heterocycles. The molecule has 0 atom stereocenters. The van der Waals surface area contributed by atoms with E-state index < -0.39 is 0 Å². The highest BCUT2D eigenvalue weighted by Crippen LogP contribution is 2.12. The maximum Gasteiger partial charge on any atom is 0.126 e. The van der Waals surface area contributed by atoms with Gasteiger partial charge in [0.2, 0.25) is 0 Å². The van der Waals surface area contributed by atoms with Gasteiger partial charge in [0.1, 0.15) is 12.5 Å². The minimum absolute atomic E-state index is 0.940. The molecule has 1 saturated heterocycles. The predicted molar refractivity (Wildman–Crippen MR) is 31.4 cm³/mol. The van der Waals surface area contributed by atoms with Gasteiger partial charge in [-0.05, 0) is 6.42 Å². The van der Waals surface area contributed by atoms with Gasteiger partial charge in [-0.1, -0.05) is 0 Å². The van der Waals surface area contributed by atoms with Crippen LogP contribution < -0.4 is 5.43 Å². The van der Waals surface area contributed by atoms with Crippen LogP contribution >= 0.6 is 0 Å². The Morgan fingerprint density at radius 3 is 3.50 bits per heavy atom. The first-order valence-electron chi connectivity index (χ1n) is 3.01. The van der Waals surface area contributed by atoms with E-state index in [1.165, 1.54) is 25.2 Å². The number of hydrogen-bond acceptors (Lipinski definition) is 3. The van der Waals surface area contributed by atoms with Crippen molar-refractivity contribution in [3.8, 4) is 0 Å². The summed E-state index contributed by atoms with van der Waals surface area (Å²) in [5.41, 5.74) is 2.94. The van der Waals surface area contributed by atoms with Crippen LogP contribution in [-0.2, 0) is 0 Å². The lowest BCUT2D eigenvalue weighted by Gasteiger charge is -2.07. The maximum atomic E-state index is 4.09. The Labute approximate surface area is 48.4 Å². The highest BCUT2D eigenvalue weighted by molar-refractivity contribution is 5.84. The van der Waals surface area contributed by atoms with Crippen molar-refractivity contribution in [2.75, 3.05) is 13.2 Å². The molecule has 0 aliphatic carbocycles. The number of rotatable bonds is 0. The second kappa shape index (κ2) is 1.37. The summed E-state index contributed by atoms with van der Waals surface area (Å²) in [4.78, 5) is 2.28. The van der Waals surface area contributed by atoms with Crippen LogP contribution in [0.1, 0.15) is 12.8 Å². The SMILES string of the molecule is C1CC2=NNCN2C1. The number of hydrogen-bond donors (Lipinski definition) is 1. The zero-order valence-electron chi connectivity index (χ0n) is 4.72. The molecule has 2 aliphatic rings. The number of nitrogens with zero attached hydrogens (tertiary/aromatic N) is 2. The normalized spacial score (nSPS) is 25.0. The van der Waals surface area contributed by atoms with Gasteiger partial charge < -0.3 is 4.90 Å². The molecule has 0 amide bonds. The van der Waals surface area contributed by atoms with E-state index >= 15 is 0 Å². The van der Waals surface area contributed by atoms with E-state index in [-0.39, 0.29) is 0 Å². The van der Waals surface area contributed by atoms with Crippen molar-refractivity contribution in [2.24, 2.45) is 5.10 Å². The zero-order valence-corrected chi connectivity index (χ0v) is 4.72. The molecular formula is C5H9N3. The molecule has 2 rings (SSSR count). The fraction of sp³-hybridized carbons (Fsp3) is 0.800. The van der Waals surface area contributed by atoms with E-state index in [0.29, 0.717) is 0 Å². The summed E-state index contributed by atoms with van der Waals surface area (Å²) in [7, 11) is 0. The lowest BCUT2D eigenvalue weighted by atomic mass is 10.4. The van der Waals surface area contributed by atoms with Crippen LogP contribution in [0.4, 0.5) is 0 Å².